The van der Waals surface area contributed by atoms with Crippen molar-refractivity contribution in [1.82, 2.24) is 19.7 Å². The van der Waals surface area contributed by atoms with E-state index in [-0.39, 0.29) is 0 Å². The highest BCUT2D eigenvalue weighted by Gasteiger charge is 2.12. The number of nitrogens with two attached hydrogens (primary N) is 1. The van der Waals surface area contributed by atoms with Crippen LogP contribution in [-0.2, 0) is 20.0 Å². The second-order valence-corrected chi connectivity index (χ2v) is 3.97. The monoisotopic (exact) mass is 234 g/mol. The maximum atomic E-state index is 6.05. The molecule has 2 heterocycles. The second kappa shape index (κ2) is 4.90. The smallest absolute Gasteiger partial charge is 0.148 e. The van der Waals surface area contributed by atoms with Crippen molar-refractivity contribution in [3.8, 4) is 0 Å². The molecule has 17 heavy (non-hydrogen) atoms. The van der Waals surface area contributed by atoms with Crippen molar-refractivity contribution in [2.75, 3.05) is 11.1 Å². The van der Waals surface area contributed by atoms with E-state index in [4.69, 9.17) is 5.73 Å². The highest BCUT2D eigenvalue weighted by atomic mass is 15.3. The number of hydrogen-bond donors (Lipinski definition) is 3. The van der Waals surface area contributed by atoms with Gasteiger partial charge in [0.05, 0.1) is 17.9 Å². The van der Waals surface area contributed by atoms with Crippen molar-refractivity contribution in [2.24, 2.45) is 7.05 Å². The predicted octanol–water partition coefficient (Wildman–Crippen LogP) is 1.29. The van der Waals surface area contributed by atoms with Gasteiger partial charge in [0.25, 0.3) is 0 Å². The standard InChI is InChI=1S/C11H18N6/c1-3-4-8-10(12)11(17(2)16-8)15-7-9-13-5-6-14-9/h5-6,15H,3-4,7,12H2,1-2H3,(H,13,14). The Labute approximate surface area is 100 Å². The molecule has 92 valence electrons. The summed E-state index contributed by atoms with van der Waals surface area (Å²) in [5, 5.41) is 7.64. The van der Waals surface area contributed by atoms with E-state index in [0.29, 0.717) is 6.54 Å². The summed E-state index contributed by atoms with van der Waals surface area (Å²) in [6.07, 6.45) is 5.47. The van der Waals surface area contributed by atoms with E-state index >= 15 is 0 Å². The third kappa shape index (κ3) is 2.41. The molecular formula is C11H18N6. The molecule has 0 saturated heterocycles. The molecule has 0 aromatic carbocycles. The summed E-state index contributed by atoms with van der Waals surface area (Å²) in [5.41, 5.74) is 7.75. The van der Waals surface area contributed by atoms with Gasteiger partial charge in [-0.3, -0.25) is 4.68 Å². The first-order valence-electron chi connectivity index (χ1n) is 5.75. The van der Waals surface area contributed by atoms with E-state index < -0.39 is 0 Å². The number of aromatic nitrogens is 4. The lowest BCUT2D eigenvalue weighted by molar-refractivity contribution is 0.734. The van der Waals surface area contributed by atoms with Crippen molar-refractivity contribution in [3.05, 3.63) is 23.9 Å². The van der Waals surface area contributed by atoms with Gasteiger partial charge in [0.15, 0.2) is 0 Å². The van der Waals surface area contributed by atoms with E-state index in [9.17, 15) is 0 Å². The van der Waals surface area contributed by atoms with Gasteiger partial charge in [-0.25, -0.2) is 4.98 Å². The highest BCUT2D eigenvalue weighted by molar-refractivity contribution is 5.64. The minimum atomic E-state index is 0.613. The molecule has 0 saturated carbocycles. The molecule has 6 nitrogen and oxygen atoms in total. The van der Waals surface area contributed by atoms with Crippen LogP contribution in [0.4, 0.5) is 11.5 Å². The van der Waals surface area contributed by atoms with Gasteiger partial charge in [-0.1, -0.05) is 13.3 Å². The topological polar surface area (TPSA) is 84.5 Å². The van der Waals surface area contributed by atoms with E-state index in [2.05, 4.69) is 27.3 Å². The zero-order valence-corrected chi connectivity index (χ0v) is 10.2. The molecule has 0 unspecified atom stereocenters. The molecule has 0 bridgehead atoms. The molecule has 2 aromatic rings. The summed E-state index contributed by atoms with van der Waals surface area (Å²) < 4.78 is 1.78. The first-order valence-corrected chi connectivity index (χ1v) is 5.75. The number of nitrogen functional groups attached to an aromatic ring is 1. The Hall–Kier alpha value is -1.98. The summed E-state index contributed by atoms with van der Waals surface area (Å²) in [6, 6.07) is 0. The molecule has 0 radical (unpaired) electrons. The number of aryl methyl sites for hydroxylation is 2. The Morgan fingerprint density at radius 1 is 1.53 bits per heavy atom. The molecule has 0 fully saturated rings. The fraction of sp³-hybridized carbons (Fsp3) is 0.455. The lowest BCUT2D eigenvalue weighted by Gasteiger charge is -2.05. The maximum absolute atomic E-state index is 6.05. The largest absolute Gasteiger partial charge is 0.394 e. The first kappa shape index (κ1) is 11.5. The molecule has 0 atom stereocenters. The van der Waals surface area contributed by atoms with E-state index in [0.717, 1.165) is 35.9 Å². The van der Waals surface area contributed by atoms with Crippen LogP contribution in [0.2, 0.25) is 0 Å². The molecule has 2 rings (SSSR count). The van der Waals surface area contributed by atoms with Crippen molar-refractivity contribution in [3.63, 3.8) is 0 Å². The van der Waals surface area contributed by atoms with Gasteiger partial charge in [-0.15, -0.1) is 0 Å². The van der Waals surface area contributed by atoms with Gasteiger partial charge in [0.2, 0.25) is 0 Å². The summed E-state index contributed by atoms with van der Waals surface area (Å²) in [4.78, 5) is 7.18. The van der Waals surface area contributed by atoms with Crippen LogP contribution in [0.1, 0.15) is 24.9 Å². The van der Waals surface area contributed by atoms with Gasteiger partial charge < -0.3 is 16.0 Å². The van der Waals surface area contributed by atoms with Crippen molar-refractivity contribution in [2.45, 2.75) is 26.3 Å². The SMILES string of the molecule is CCCc1nn(C)c(NCc2ncc[nH]2)c1N. The van der Waals surface area contributed by atoms with Crippen LogP contribution >= 0.6 is 0 Å². The maximum Gasteiger partial charge on any atom is 0.148 e. The average Bonchev–Trinajstić information content (AvgIpc) is 2.88. The number of aromatic amines is 1. The third-order valence-electron chi connectivity index (χ3n) is 2.63. The molecule has 0 aliphatic heterocycles. The Bertz CT molecular complexity index is 470. The minimum absolute atomic E-state index is 0.613. The molecule has 4 N–H and O–H groups in total. The van der Waals surface area contributed by atoms with Gasteiger partial charge in [0.1, 0.15) is 11.6 Å². The van der Waals surface area contributed by atoms with Crippen LogP contribution in [0.15, 0.2) is 12.4 Å². The van der Waals surface area contributed by atoms with Crippen molar-refractivity contribution in [1.29, 1.82) is 0 Å². The van der Waals surface area contributed by atoms with Gasteiger partial charge >= 0.3 is 0 Å². The van der Waals surface area contributed by atoms with Gasteiger partial charge in [-0.05, 0) is 6.42 Å². The molecule has 0 aliphatic carbocycles. The molecule has 6 heteroatoms. The minimum Gasteiger partial charge on any atom is -0.394 e. The predicted molar refractivity (Wildman–Crippen MR) is 67.5 cm³/mol. The van der Waals surface area contributed by atoms with Crippen LogP contribution in [0.5, 0.6) is 0 Å². The number of anilines is 2. The third-order valence-corrected chi connectivity index (χ3v) is 2.63. The summed E-state index contributed by atoms with van der Waals surface area (Å²) in [7, 11) is 1.89. The Morgan fingerprint density at radius 2 is 2.35 bits per heavy atom. The molecule has 0 spiro atoms. The van der Waals surface area contributed by atoms with Gasteiger partial charge in [-0.2, -0.15) is 5.10 Å². The fourth-order valence-electron chi connectivity index (χ4n) is 1.79. The lowest BCUT2D eigenvalue weighted by Crippen LogP contribution is -2.07. The average molecular weight is 234 g/mol. The second-order valence-electron chi connectivity index (χ2n) is 3.97. The molecule has 2 aromatic heterocycles. The van der Waals surface area contributed by atoms with Crippen molar-refractivity contribution >= 4 is 11.5 Å². The Balaban J connectivity index is 2.10. The number of hydrogen-bond acceptors (Lipinski definition) is 4. The summed E-state index contributed by atoms with van der Waals surface area (Å²) in [5.74, 6) is 1.73. The number of nitrogens with zero attached hydrogens (tertiary/aromatic N) is 3. The van der Waals surface area contributed by atoms with Gasteiger partial charge in [0, 0.05) is 19.4 Å². The number of imidazole rings is 1. The fourth-order valence-corrected chi connectivity index (χ4v) is 1.79. The highest BCUT2D eigenvalue weighted by Crippen LogP contribution is 2.23. The van der Waals surface area contributed by atoms with E-state index in [1.54, 1.807) is 17.1 Å². The van der Waals surface area contributed by atoms with E-state index in [1.165, 1.54) is 0 Å². The Morgan fingerprint density at radius 3 is 3.00 bits per heavy atom. The number of rotatable bonds is 5. The Kier molecular flexibility index (Phi) is 3.32. The zero-order chi connectivity index (χ0) is 12.3. The van der Waals surface area contributed by atoms with Crippen LogP contribution in [0, 0.1) is 0 Å². The van der Waals surface area contributed by atoms with Crippen molar-refractivity contribution < 1.29 is 0 Å². The van der Waals surface area contributed by atoms with Crippen LogP contribution < -0.4 is 11.1 Å². The summed E-state index contributed by atoms with van der Waals surface area (Å²) >= 11 is 0. The quantitative estimate of drug-likeness (QED) is 0.727. The van der Waals surface area contributed by atoms with E-state index in [1.807, 2.05) is 7.05 Å². The molecule has 0 amide bonds. The number of nitrogens with one attached hydrogen (secondary N) is 2. The molecular weight excluding hydrogens is 216 g/mol. The zero-order valence-electron chi connectivity index (χ0n) is 10.2. The number of H-pyrrole nitrogens is 1. The molecule has 0 aliphatic rings. The van der Waals surface area contributed by atoms with Crippen LogP contribution in [0.3, 0.4) is 0 Å². The van der Waals surface area contributed by atoms with Crippen LogP contribution in [-0.4, -0.2) is 19.7 Å². The lowest BCUT2D eigenvalue weighted by atomic mass is 10.2. The normalized spacial score (nSPS) is 10.7. The summed E-state index contributed by atoms with van der Waals surface area (Å²) in [6.45, 7) is 2.73. The van der Waals surface area contributed by atoms with Crippen LogP contribution in [0.25, 0.3) is 0 Å². The first-order chi connectivity index (χ1) is 8.22.